The van der Waals surface area contributed by atoms with Gasteiger partial charge in [0.05, 0.1) is 18.1 Å². The molecule has 0 atom stereocenters. The van der Waals surface area contributed by atoms with Crippen molar-refractivity contribution in [3.8, 4) is 11.5 Å². The summed E-state index contributed by atoms with van der Waals surface area (Å²) in [6.45, 7) is 0. The molecule has 0 N–H and O–H groups in total. The van der Waals surface area contributed by atoms with Gasteiger partial charge < -0.3 is 9.47 Å². The van der Waals surface area contributed by atoms with Crippen LogP contribution < -0.4 is 9.47 Å². The highest BCUT2D eigenvalue weighted by atomic mass is 19.4. The van der Waals surface area contributed by atoms with E-state index in [1.54, 1.807) is 0 Å². The number of rotatable bonds is 3. The summed E-state index contributed by atoms with van der Waals surface area (Å²) >= 11 is 0. The van der Waals surface area contributed by atoms with Crippen molar-refractivity contribution in [1.29, 1.82) is 0 Å². The zero-order valence-electron chi connectivity index (χ0n) is 8.25. The Labute approximate surface area is 91.7 Å². The summed E-state index contributed by atoms with van der Waals surface area (Å²) < 4.78 is 56.4. The summed E-state index contributed by atoms with van der Waals surface area (Å²) in [5, 5.41) is 10.4. The molecule has 9 heteroatoms. The number of nitro benzene ring substituents is 1. The van der Waals surface area contributed by atoms with E-state index in [2.05, 4.69) is 9.47 Å². The third-order valence-corrected chi connectivity index (χ3v) is 1.66. The van der Waals surface area contributed by atoms with Gasteiger partial charge in [0.2, 0.25) is 5.75 Å². The van der Waals surface area contributed by atoms with Crippen LogP contribution in [0.15, 0.2) is 12.1 Å². The Morgan fingerprint density at radius 1 is 1.29 bits per heavy atom. The molecule has 0 aliphatic carbocycles. The summed E-state index contributed by atoms with van der Waals surface area (Å²) in [4.78, 5) is 9.44. The van der Waals surface area contributed by atoms with Gasteiger partial charge in [-0.2, -0.15) is 0 Å². The number of methoxy groups -OCH3 is 1. The summed E-state index contributed by atoms with van der Waals surface area (Å²) in [5.41, 5.74) is -0.792. The molecule has 0 bridgehead atoms. The standard InChI is InChI=1S/C8H5F4NO4/c1-16-7-3-6(17-8(10,11)12)4(9)2-5(7)13(14)15/h2-3H,1H3. The maximum Gasteiger partial charge on any atom is 0.573 e. The highest BCUT2D eigenvalue weighted by Crippen LogP contribution is 2.35. The fraction of sp³-hybridized carbons (Fsp3) is 0.250. The van der Waals surface area contributed by atoms with Gasteiger partial charge in [-0.05, 0) is 0 Å². The number of nitro groups is 1. The maximum absolute atomic E-state index is 13.1. The van der Waals surface area contributed by atoms with Gasteiger partial charge in [-0.1, -0.05) is 0 Å². The number of ether oxygens (including phenoxy) is 2. The van der Waals surface area contributed by atoms with Crippen molar-refractivity contribution in [2.75, 3.05) is 7.11 Å². The Balaban J connectivity index is 3.23. The van der Waals surface area contributed by atoms with Crippen molar-refractivity contribution in [3.63, 3.8) is 0 Å². The van der Waals surface area contributed by atoms with E-state index in [9.17, 15) is 27.7 Å². The minimum atomic E-state index is -5.10. The van der Waals surface area contributed by atoms with Gasteiger partial charge in [0, 0.05) is 6.07 Å². The predicted molar refractivity (Wildman–Crippen MR) is 46.3 cm³/mol. The summed E-state index contributed by atoms with van der Waals surface area (Å²) in [5.74, 6) is -3.23. The number of nitrogens with zero attached hydrogens (tertiary/aromatic N) is 1. The van der Waals surface area contributed by atoms with Crippen LogP contribution in [-0.2, 0) is 0 Å². The third-order valence-electron chi connectivity index (χ3n) is 1.66. The molecular weight excluding hydrogens is 250 g/mol. The molecule has 0 fully saturated rings. The average molecular weight is 255 g/mol. The van der Waals surface area contributed by atoms with Gasteiger partial charge in [-0.15, -0.1) is 13.2 Å². The quantitative estimate of drug-likeness (QED) is 0.473. The molecular formula is C8H5F4NO4. The molecule has 0 heterocycles. The van der Waals surface area contributed by atoms with Crippen molar-refractivity contribution in [2.45, 2.75) is 6.36 Å². The van der Waals surface area contributed by atoms with E-state index in [0.717, 1.165) is 7.11 Å². The van der Waals surface area contributed by atoms with Gasteiger partial charge >= 0.3 is 12.0 Å². The summed E-state index contributed by atoms with van der Waals surface area (Å²) in [6, 6.07) is 0.751. The SMILES string of the molecule is COc1cc(OC(F)(F)F)c(F)cc1[N+](=O)[O-]. The first-order valence-electron chi connectivity index (χ1n) is 4.02. The molecule has 1 rings (SSSR count). The van der Waals surface area contributed by atoms with Crippen LogP contribution in [0.2, 0.25) is 0 Å². The summed E-state index contributed by atoms with van der Waals surface area (Å²) in [6.07, 6.45) is -5.10. The van der Waals surface area contributed by atoms with E-state index in [4.69, 9.17) is 0 Å². The number of hydrogen-bond donors (Lipinski definition) is 0. The van der Waals surface area contributed by atoms with E-state index in [-0.39, 0.29) is 0 Å². The maximum atomic E-state index is 13.1. The van der Waals surface area contributed by atoms with Gasteiger partial charge in [0.15, 0.2) is 11.6 Å². The van der Waals surface area contributed by atoms with Crippen LogP contribution in [-0.4, -0.2) is 18.4 Å². The fourth-order valence-electron chi connectivity index (χ4n) is 1.03. The Hall–Kier alpha value is -2.06. The second-order valence-corrected chi connectivity index (χ2v) is 2.76. The summed E-state index contributed by atoms with van der Waals surface area (Å²) in [7, 11) is 0.998. The largest absolute Gasteiger partial charge is 0.573 e. The van der Waals surface area contributed by atoms with Crippen LogP contribution in [0.1, 0.15) is 0 Å². The first kappa shape index (κ1) is 13.0. The third kappa shape index (κ3) is 3.20. The zero-order chi connectivity index (χ0) is 13.2. The van der Waals surface area contributed by atoms with Gasteiger partial charge in [0.25, 0.3) is 0 Å². The fourth-order valence-corrected chi connectivity index (χ4v) is 1.03. The molecule has 0 amide bonds. The van der Waals surface area contributed by atoms with Crippen molar-refractivity contribution in [2.24, 2.45) is 0 Å². The van der Waals surface area contributed by atoms with Crippen molar-refractivity contribution in [1.82, 2.24) is 0 Å². The molecule has 0 aliphatic heterocycles. The minimum absolute atomic E-state index is 0.292. The van der Waals surface area contributed by atoms with Crippen molar-refractivity contribution >= 4 is 5.69 Å². The Bertz CT molecular complexity index is 446. The lowest BCUT2D eigenvalue weighted by Crippen LogP contribution is -2.18. The molecule has 0 saturated carbocycles. The molecule has 0 radical (unpaired) electrons. The van der Waals surface area contributed by atoms with Crippen LogP contribution >= 0.6 is 0 Å². The monoisotopic (exact) mass is 255 g/mol. The lowest BCUT2D eigenvalue weighted by Gasteiger charge is -2.10. The molecule has 0 unspecified atom stereocenters. The zero-order valence-corrected chi connectivity index (χ0v) is 8.25. The van der Waals surface area contributed by atoms with E-state index in [0.29, 0.717) is 12.1 Å². The van der Waals surface area contributed by atoms with Crippen LogP contribution in [0.4, 0.5) is 23.2 Å². The van der Waals surface area contributed by atoms with Gasteiger partial charge in [-0.25, -0.2) is 4.39 Å². The highest BCUT2D eigenvalue weighted by Gasteiger charge is 2.33. The lowest BCUT2D eigenvalue weighted by atomic mass is 10.2. The molecule has 5 nitrogen and oxygen atoms in total. The number of alkyl halides is 3. The number of benzene rings is 1. The molecule has 0 aromatic heterocycles. The van der Waals surface area contributed by atoms with Crippen molar-refractivity contribution < 1.29 is 32.0 Å². The minimum Gasteiger partial charge on any atom is -0.490 e. The lowest BCUT2D eigenvalue weighted by molar-refractivity contribution is -0.386. The molecule has 1 aromatic rings. The van der Waals surface area contributed by atoms with Crippen LogP contribution in [0.25, 0.3) is 0 Å². The van der Waals surface area contributed by atoms with Crippen LogP contribution in [0.5, 0.6) is 11.5 Å². The van der Waals surface area contributed by atoms with Gasteiger partial charge in [-0.3, -0.25) is 10.1 Å². The van der Waals surface area contributed by atoms with Crippen LogP contribution in [0.3, 0.4) is 0 Å². The second-order valence-electron chi connectivity index (χ2n) is 2.76. The Kier molecular flexibility index (Phi) is 3.39. The smallest absolute Gasteiger partial charge is 0.490 e. The van der Waals surface area contributed by atoms with Gasteiger partial charge in [0.1, 0.15) is 0 Å². The van der Waals surface area contributed by atoms with Crippen LogP contribution in [0, 0.1) is 15.9 Å². The van der Waals surface area contributed by atoms with Crippen molar-refractivity contribution in [3.05, 3.63) is 28.1 Å². The topological polar surface area (TPSA) is 61.6 Å². The normalized spacial score (nSPS) is 11.1. The second kappa shape index (κ2) is 4.44. The first-order chi connectivity index (χ1) is 7.74. The molecule has 1 aromatic carbocycles. The number of halogens is 4. The molecule has 0 spiro atoms. The Morgan fingerprint density at radius 3 is 2.29 bits per heavy atom. The average Bonchev–Trinajstić information content (AvgIpc) is 2.18. The van der Waals surface area contributed by atoms with E-state index >= 15 is 0 Å². The molecule has 0 aliphatic rings. The molecule has 17 heavy (non-hydrogen) atoms. The molecule has 0 saturated heterocycles. The first-order valence-corrected chi connectivity index (χ1v) is 4.02. The highest BCUT2D eigenvalue weighted by molar-refractivity contribution is 5.51. The van der Waals surface area contributed by atoms with E-state index < -0.39 is 34.3 Å². The predicted octanol–water partition coefficient (Wildman–Crippen LogP) is 2.64. The number of hydrogen-bond acceptors (Lipinski definition) is 4. The van der Waals surface area contributed by atoms with E-state index in [1.165, 1.54) is 0 Å². The molecule has 94 valence electrons. The Morgan fingerprint density at radius 2 is 1.88 bits per heavy atom. The van der Waals surface area contributed by atoms with E-state index in [1.807, 2.05) is 0 Å².